The van der Waals surface area contributed by atoms with E-state index < -0.39 is 12.2 Å². The number of ether oxygens (including phenoxy) is 2. The average Bonchev–Trinajstić information content (AvgIpc) is 2.61. The van der Waals surface area contributed by atoms with Crippen molar-refractivity contribution >= 4 is 39.5 Å². The first-order chi connectivity index (χ1) is 12.5. The topological polar surface area (TPSA) is 67.9 Å². The van der Waals surface area contributed by atoms with E-state index in [0.29, 0.717) is 23.3 Å². The molecule has 1 N–H and O–H groups in total. The van der Waals surface area contributed by atoms with Crippen molar-refractivity contribution < 1.29 is 19.1 Å². The van der Waals surface area contributed by atoms with Gasteiger partial charge >= 0.3 is 12.2 Å². The minimum absolute atomic E-state index is 0.276. The van der Waals surface area contributed by atoms with Crippen LogP contribution in [0, 0.1) is 6.92 Å². The second-order valence-corrected chi connectivity index (χ2v) is 6.16. The summed E-state index contributed by atoms with van der Waals surface area (Å²) in [5.74, 6) is 0.331. The fourth-order valence-electron chi connectivity index (χ4n) is 2.34. The molecule has 0 radical (unpaired) electrons. The number of carbonyl (C=O) groups is 2. The molecular formula is C19H21BrN2O4. The maximum absolute atomic E-state index is 12.7. The Morgan fingerprint density at radius 1 is 1.15 bits per heavy atom. The SMILES string of the molecule is CCOC(=O)Nc1cccc(OC(=O)N(CCBr)c2ccccc2C)c1. The van der Waals surface area contributed by atoms with Crippen LogP contribution in [-0.4, -0.2) is 30.7 Å². The first-order valence-corrected chi connectivity index (χ1v) is 9.32. The molecule has 2 rings (SSSR count). The third kappa shape index (κ3) is 5.49. The van der Waals surface area contributed by atoms with Crippen LogP contribution in [-0.2, 0) is 4.74 Å². The predicted octanol–water partition coefficient (Wildman–Crippen LogP) is 4.96. The van der Waals surface area contributed by atoms with Gasteiger partial charge in [-0.2, -0.15) is 0 Å². The number of benzene rings is 2. The van der Waals surface area contributed by atoms with E-state index in [4.69, 9.17) is 9.47 Å². The monoisotopic (exact) mass is 420 g/mol. The standard InChI is InChI=1S/C19H21BrN2O4/c1-3-25-18(23)21-15-8-6-9-16(13-15)26-19(24)22(12-11-20)17-10-5-4-7-14(17)2/h4-10,13H,3,11-12H2,1-2H3,(H,21,23). The number of aryl methyl sites for hydroxylation is 1. The van der Waals surface area contributed by atoms with E-state index in [-0.39, 0.29) is 6.61 Å². The van der Waals surface area contributed by atoms with E-state index >= 15 is 0 Å². The molecule has 26 heavy (non-hydrogen) atoms. The van der Waals surface area contributed by atoms with Gasteiger partial charge in [0.1, 0.15) is 5.75 Å². The van der Waals surface area contributed by atoms with Crippen LogP contribution >= 0.6 is 15.9 Å². The predicted molar refractivity (Wildman–Crippen MR) is 105 cm³/mol. The quantitative estimate of drug-likeness (QED) is 0.670. The van der Waals surface area contributed by atoms with Crippen molar-refractivity contribution in [3.63, 3.8) is 0 Å². The number of anilines is 2. The molecular weight excluding hydrogens is 400 g/mol. The van der Waals surface area contributed by atoms with Crippen molar-refractivity contribution in [2.45, 2.75) is 13.8 Å². The summed E-state index contributed by atoms with van der Waals surface area (Å²) in [6.07, 6.45) is -1.05. The van der Waals surface area contributed by atoms with Gasteiger partial charge < -0.3 is 9.47 Å². The summed E-state index contributed by atoms with van der Waals surface area (Å²) in [4.78, 5) is 25.7. The van der Waals surface area contributed by atoms with Gasteiger partial charge in [-0.3, -0.25) is 10.2 Å². The van der Waals surface area contributed by atoms with Crippen LogP contribution in [0.5, 0.6) is 5.75 Å². The fourth-order valence-corrected chi connectivity index (χ4v) is 2.69. The lowest BCUT2D eigenvalue weighted by atomic mass is 10.2. The zero-order chi connectivity index (χ0) is 18.9. The maximum atomic E-state index is 12.7. The normalized spacial score (nSPS) is 10.1. The summed E-state index contributed by atoms with van der Waals surface area (Å²) in [5, 5.41) is 3.19. The Morgan fingerprint density at radius 2 is 1.92 bits per heavy atom. The van der Waals surface area contributed by atoms with Crippen molar-refractivity contribution in [3.05, 3.63) is 54.1 Å². The summed E-state index contributed by atoms with van der Waals surface area (Å²) >= 11 is 3.37. The number of rotatable bonds is 6. The Bertz CT molecular complexity index is 767. The smallest absolute Gasteiger partial charge is 0.419 e. The fraction of sp³-hybridized carbons (Fsp3) is 0.263. The van der Waals surface area contributed by atoms with Crippen molar-refractivity contribution in [2.75, 3.05) is 28.7 Å². The molecule has 0 fully saturated rings. The van der Waals surface area contributed by atoms with Crippen LogP contribution in [0.3, 0.4) is 0 Å². The lowest BCUT2D eigenvalue weighted by Crippen LogP contribution is -2.35. The van der Waals surface area contributed by atoms with Crippen LogP contribution in [0.4, 0.5) is 21.0 Å². The molecule has 7 heteroatoms. The second-order valence-electron chi connectivity index (χ2n) is 5.37. The average molecular weight is 421 g/mol. The zero-order valence-electron chi connectivity index (χ0n) is 14.7. The van der Waals surface area contributed by atoms with Crippen LogP contribution < -0.4 is 15.0 Å². The maximum Gasteiger partial charge on any atom is 0.419 e. The van der Waals surface area contributed by atoms with Gasteiger partial charge in [0.05, 0.1) is 6.61 Å². The number of amides is 2. The molecule has 2 amide bonds. The minimum atomic E-state index is -0.559. The summed E-state index contributed by atoms with van der Waals surface area (Å²) in [5.41, 5.74) is 2.25. The molecule has 0 unspecified atom stereocenters. The highest BCUT2D eigenvalue weighted by Gasteiger charge is 2.19. The summed E-state index contributed by atoms with van der Waals surface area (Å²) in [7, 11) is 0. The Kier molecular flexibility index (Phi) is 7.47. The molecule has 0 aliphatic carbocycles. The van der Waals surface area contributed by atoms with Crippen molar-refractivity contribution in [2.24, 2.45) is 0 Å². The molecule has 2 aromatic carbocycles. The molecule has 0 aliphatic heterocycles. The Balaban J connectivity index is 2.14. The van der Waals surface area contributed by atoms with Crippen molar-refractivity contribution in [1.29, 1.82) is 0 Å². The number of hydrogen-bond acceptors (Lipinski definition) is 4. The molecule has 0 saturated heterocycles. The van der Waals surface area contributed by atoms with Gasteiger partial charge in [-0.05, 0) is 37.6 Å². The molecule has 0 aromatic heterocycles. The highest BCUT2D eigenvalue weighted by Crippen LogP contribution is 2.23. The van der Waals surface area contributed by atoms with Gasteiger partial charge in [-0.15, -0.1) is 0 Å². The van der Waals surface area contributed by atoms with Gasteiger partial charge in [-0.1, -0.05) is 40.2 Å². The van der Waals surface area contributed by atoms with Crippen LogP contribution in [0.15, 0.2) is 48.5 Å². The first-order valence-electron chi connectivity index (χ1n) is 8.20. The van der Waals surface area contributed by atoms with E-state index in [1.165, 1.54) is 0 Å². The van der Waals surface area contributed by atoms with E-state index in [2.05, 4.69) is 21.2 Å². The molecule has 0 saturated carbocycles. The number of nitrogens with zero attached hydrogens (tertiary/aromatic N) is 1. The molecule has 6 nitrogen and oxygen atoms in total. The second kappa shape index (κ2) is 9.82. The van der Waals surface area contributed by atoms with Crippen molar-refractivity contribution in [3.8, 4) is 5.75 Å². The number of hydrogen-bond donors (Lipinski definition) is 1. The molecule has 0 heterocycles. The van der Waals surface area contributed by atoms with Crippen LogP contribution in [0.1, 0.15) is 12.5 Å². The molecule has 138 valence electrons. The van der Waals surface area contributed by atoms with Crippen molar-refractivity contribution in [1.82, 2.24) is 0 Å². The molecule has 0 atom stereocenters. The number of para-hydroxylation sites is 1. The van der Waals surface area contributed by atoms with Crippen LogP contribution in [0.2, 0.25) is 0 Å². The molecule has 0 aliphatic rings. The van der Waals surface area contributed by atoms with Gasteiger partial charge in [0, 0.05) is 29.3 Å². The van der Waals surface area contributed by atoms with E-state index in [9.17, 15) is 9.59 Å². The van der Waals surface area contributed by atoms with Gasteiger partial charge in [0.2, 0.25) is 0 Å². The van der Waals surface area contributed by atoms with Crippen LogP contribution in [0.25, 0.3) is 0 Å². The summed E-state index contributed by atoms with van der Waals surface area (Å²) in [6, 6.07) is 14.2. The largest absolute Gasteiger partial charge is 0.450 e. The van der Waals surface area contributed by atoms with E-state index in [1.54, 1.807) is 36.1 Å². The highest BCUT2D eigenvalue weighted by molar-refractivity contribution is 9.09. The van der Waals surface area contributed by atoms with E-state index in [0.717, 1.165) is 11.3 Å². The summed E-state index contributed by atoms with van der Waals surface area (Å²) < 4.78 is 10.3. The lowest BCUT2D eigenvalue weighted by molar-refractivity contribution is 0.168. The Hall–Kier alpha value is -2.54. The van der Waals surface area contributed by atoms with Gasteiger partial charge in [0.15, 0.2) is 0 Å². The number of nitrogens with one attached hydrogen (secondary N) is 1. The third-order valence-corrected chi connectivity index (χ3v) is 3.85. The minimum Gasteiger partial charge on any atom is -0.450 e. The third-order valence-electron chi connectivity index (χ3n) is 3.50. The van der Waals surface area contributed by atoms with E-state index in [1.807, 2.05) is 31.2 Å². The Labute approximate surface area is 161 Å². The number of halogens is 1. The zero-order valence-corrected chi connectivity index (χ0v) is 16.3. The first kappa shape index (κ1) is 19.8. The molecule has 0 spiro atoms. The highest BCUT2D eigenvalue weighted by atomic mass is 79.9. The summed E-state index contributed by atoms with van der Waals surface area (Å²) in [6.45, 7) is 4.40. The molecule has 0 bridgehead atoms. The number of alkyl halides is 1. The van der Waals surface area contributed by atoms with Gasteiger partial charge in [-0.25, -0.2) is 9.59 Å². The lowest BCUT2D eigenvalue weighted by Gasteiger charge is -2.23. The molecule has 2 aromatic rings. The number of carbonyl (C=O) groups excluding carboxylic acids is 2. The Morgan fingerprint density at radius 3 is 2.62 bits per heavy atom. The van der Waals surface area contributed by atoms with Gasteiger partial charge in [0.25, 0.3) is 0 Å².